The number of hydrogen-bond donors (Lipinski definition) is 3. The summed E-state index contributed by atoms with van der Waals surface area (Å²) in [5.41, 5.74) is -0.219. The van der Waals surface area contributed by atoms with Crippen LogP contribution in [-0.2, 0) is 5.60 Å². The predicted octanol–water partition coefficient (Wildman–Crippen LogP) is 2.86. The van der Waals surface area contributed by atoms with E-state index >= 15 is 0 Å². The zero-order chi connectivity index (χ0) is 16.9. The molecule has 0 saturated carbocycles. The van der Waals surface area contributed by atoms with Crippen molar-refractivity contribution in [3.05, 3.63) is 59.9 Å². The normalized spacial score (nSPS) is 13.0. The maximum Gasteiger partial charge on any atom is 0.319 e. The number of carbonyl (C=O) groups excluding carboxylic acids is 1. The molecular weight excluding hydrogens is 299 g/mol. The second kappa shape index (κ2) is 7.11. The summed E-state index contributed by atoms with van der Waals surface area (Å²) in [6.45, 7) is 1.53. The summed E-state index contributed by atoms with van der Waals surface area (Å²) < 4.78 is 18.0. The van der Waals surface area contributed by atoms with E-state index < -0.39 is 11.6 Å². The number of aliphatic hydroxyl groups is 1. The summed E-state index contributed by atoms with van der Waals surface area (Å²) in [7, 11) is 1.54. The summed E-state index contributed by atoms with van der Waals surface area (Å²) in [5.74, 6) is 0.245. The van der Waals surface area contributed by atoms with Crippen molar-refractivity contribution in [3.63, 3.8) is 0 Å². The molecule has 3 N–H and O–H groups in total. The van der Waals surface area contributed by atoms with E-state index in [0.29, 0.717) is 17.0 Å². The van der Waals surface area contributed by atoms with Crippen molar-refractivity contribution < 1.29 is 19.0 Å². The molecule has 2 amide bonds. The molecule has 0 heterocycles. The molecule has 0 radical (unpaired) electrons. The predicted molar refractivity (Wildman–Crippen MR) is 86.0 cm³/mol. The van der Waals surface area contributed by atoms with E-state index in [9.17, 15) is 14.3 Å². The molecule has 2 aromatic carbocycles. The topological polar surface area (TPSA) is 70.6 Å². The Morgan fingerprint density at radius 3 is 2.61 bits per heavy atom. The Kier molecular flexibility index (Phi) is 5.18. The molecule has 2 rings (SSSR count). The second-order valence-corrected chi connectivity index (χ2v) is 5.32. The minimum atomic E-state index is -1.31. The lowest BCUT2D eigenvalue weighted by Gasteiger charge is -2.24. The number of rotatable bonds is 5. The molecule has 0 saturated heterocycles. The van der Waals surface area contributed by atoms with Crippen molar-refractivity contribution in [2.75, 3.05) is 19.0 Å². The van der Waals surface area contributed by atoms with Crippen LogP contribution in [0.3, 0.4) is 0 Å². The Morgan fingerprint density at radius 2 is 1.96 bits per heavy atom. The highest BCUT2D eigenvalue weighted by atomic mass is 19.1. The van der Waals surface area contributed by atoms with E-state index in [0.717, 1.165) is 0 Å². The first-order chi connectivity index (χ1) is 10.9. The number of halogens is 1. The van der Waals surface area contributed by atoms with Gasteiger partial charge in [0.15, 0.2) is 0 Å². The van der Waals surface area contributed by atoms with Crippen molar-refractivity contribution in [2.24, 2.45) is 0 Å². The van der Waals surface area contributed by atoms with Crippen LogP contribution in [-0.4, -0.2) is 24.8 Å². The van der Waals surface area contributed by atoms with E-state index in [4.69, 9.17) is 4.74 Å². The van der Waals surface area contributed by atoms with Crippen LogP contribution in [0, 0.1) is 5.82 Å². The molecular formula is C17H19FN2O3. The van der Waals surface area contributed by atoms with Crippen LogP contribution in [0.4, 0.5) is 14.9 Å². The monoisotopic (exact) mass is 318 g/mol. The van der Waals surface area contributed by atoms with E-state index in [2.05, 4.69) is 10.6 Å². The summed E-state index contributed by atoms with van der Waals surface area (Å²) in [6, 6.07) is 12.0. The number of urea groups is 1. The standard InChI is InChI=1S/C17H19FN2O3/c1-17(22,12-6-8-13(18)9-7-12)11-19-16(21)20-14-4-3-5-15(10-14)23-2/h3-10,22H,11H2,1-2H3,(H2,19,20,21). The molecule has 1 unspecified atom stereocenters. The fourth-order valence-corrected chi connectivity index (χ4v) is 2.04. The summed E-state index contributed by atoms with van der Waals surface area (Å²) in [4.78, 5) is 11.9. The molecule has 0 bridgehead atoms. The van der Waals surface area contributed by atoms with Gasteiger partial charge in [0.25, 0.3) is 0 Å². The SMILES string of the molecule is COc1cccc(NC(=O)NCC(C)(O)c2ccc(F)cc2)c1. The van der Waals surface area contributed by atoms with Gasteiger partial charge in [0.05, 0.1) is 13.7 Å². The number of amides is 2. The molecule has 0 aliphatic rings. The first-order valence-corrected chi connectivity index (χ1v) is 7.08. The van der Waals surface area contributed by atoms with Crippen molar-refractivity contribution in [1.29, 1.82) is 0 Å². The van der Waals surface area contributed by atoms with Crippen LogP contribution in [0.1, 0.15) is 12.5 Å². The minimum Gasteiger partial charge on any atom is -0.497 e. The maximum absolute atomic E-state index is 12.9. The number of anilines is 1. The van der Waals surface area contributed by atoms with Gasteiger partial charge in [-0.25, -0.2) is 9.18 Å². The summed E-state index contributed by atoms with van der Waals surface area (Å²) >= 11 is 0. The maximum atomic E-state index is 12.9. The quantitative estimate of drug-likeness (QED) is 0.794. The fourth-order valence-electron chi connectivity index (χ4n) is 2.04. The van der Waals surface area contributed by atoms with Gasteiger partial charge in [0.1, 0.15) is 17.2 Å². The lowest BCUT2D eigenvalue weighted by atomic mass is 9.96. The lowest BCUT2D eigenvalue weighted by Crippen LogP contribution is -2.40. The zero-order valence-corrected chi connectivity index (χ0v) is 13.0. The summed E-state index contributed by atoms with van der Waals surface area (Å²) in [6.07, 6.45) is 0. The van der Waals surface area contributed by atoms with Gasteiger partial charge in [-0.2, -0.15) is 0 Å². The third-order valence-electron chi connectivity index (χ3n) is 3.39. The van der Waals surface area contributed by atoms with Gasteiger partial charge in [-0.05, 0) is 36.8 Å². The Hall–Kier alpha value is -2.60. The van der Waals surface area contributed by atoms with E-state index in [1.807, 2.05) is 0 Å². The Labute approximate surface area is 134 Å². The molecule has 0 spiro atoms. The molecule has 0 fully saturated rings. The van der Waals surface area contributed by atoms with Crippen LogP contribution in [0.2, 0.25) is 0 Å². The van der Waals surface area contributed by atoms with Gasteiger partial charge in [-0.3, -0.25) is 0 Å². The molecule has 2 aromatic rings. The van der Waals surface area contributed by atoms with Crippen LogP contribution >= 0.6 is 0 Å². The molecule has 1 atom stereocenters. The smallest absolute Gasteiger partial charge is 0.319 e. The van der Waals surface area contributed by atoms with Crippen LogP contribution < -0.4 is 15.4 Å². The molecule has 0 aliphatic carbocycles. The van der Waals surface area contributed by atoms with Crippen LogP contribution in [0.5, 0.6) is 5.75 Å². The van der Waals surface area contributed by atoms with Gasteiger partial charge in [-0.1, -0.05) is 18.2 Å². The Balaban J connectivity index is 1.93. The van der Waals surface area contributed by atoms with Crippen molar-refractivity contribution in [1.82, 2.24) is 5.32 Å². The average molecular weight is 318 g/mol. The highest BCUT2D eigenvalue weighted by molar-refractivity contribution is 5.89. The van der Waals surface area contributed by atoms with E-state index in [1.54, 1.807) is 38.3 Å². The van der Waals surface area contributed by atoms with E-state index in [1.165, 1.54) is 24.3 Å². The second-order valence-electron chi connectivity index (χ2n) is 5.32. The van der Waals surface area contributed by atoms with Crippen LogP contribution in [0.25, 0.3) is 0 Å². The third kappa shape index (κ3) is 4.69. The molecule has 0 aromatic heterocycles. The van der Waals surface area contributed by atoms with Crippen LogP contribution in [0.15, 0.2) is 48.5 Å². The number of ether oxygens (including phenoxy) is 1. The third-order valence-corrected chi connectivity index (χ3v) is 3.39. The molecule has 5 nitrogen and oxygen atoms in total. The largest absolute Gasteiger partial charge is 0.497 e. The molecule has 23 heavy (non-hydrogen) atoms. The number of carbonyl (C=O) groups is 1. The zero-order valence-electron chi connectivity index (χ0n) is 13.0. The highest BCUT2D eigenvalue weighted by Gasteiger charge is 2.23. The molecule has 122 valence electrons. The lowest BCUT2D eigenvalue weighted by molar-refractivity contribution is 0.0599. The fraction of sp³-hybridized carbons (Fsp3) is 0.235. The Bertz CT molecular complexity index is 672. The highest BCUT2D eigenvalue weighted by Crippen LogP contribution is 2.20. The first-order valence-electron chi connectivity index (χ1n) is 7.08. The van der Waals surface area contributed by atoms with E-state index in [-0.39, 0.29) is 12.4 Å². The average Bonchev–Trinajstić information content (AvgIpc) is 2.54. The van der Waals surface area contributed by atoms with Gasteiger partial charge < -0.3 is 20.5 Å². The minimum absolute atomic E-state index is 0.0194. The van der Waals surface area contributed by atoms with Crippen molar-refractivity contribution in [3.8, 4) is 5.75 Å². The number of methoxy groups -OCH3 is 1. The molecule has 6 heteroatoms. The van der Waals surface area contributed by atoms with Gasteiger partial charge in [0.2, 0.25) is 0 Å². The first kappa shape index (κ1) is 16.8. The van der Waals surface area contributed by atoms with Crippen molar-refractivity contribution >= 4 is 11.7 Å². The number of nitrogens with one attached hydrogen (secondary N) is 2. The van der Waals surface area contributed by atoms with Crippen molar-refractivity contribution in [2.45, 2.75) is 12.5 Å². The van der Waals surface area contributed by atoms with Gasteiger partial charge in [-0.15, -0.1) is 0 Å². The summed E-state index contributed by atoms with van der Waals surface area (Å²) in [5, 5.41) is 15.6. The van der Waals surface area contributed by atoms with Gasteiger partial charge >= 0.3 is 6.03 Å². The Morgan fingerprint density at radius 1 is 1.26 bits per heavy atom. The molecule has 0 aliphatic heterocycles. The number of benzene rings is 2. The number of hydrogen-bond acceptors (Lipinski definition) is 3. The van der Waals surface area contributed by atoms with Gasteiger partial charge in [0, 0.05) is 11.8 Å².